The Balaban J connectivity index is 1.66. The molecule has 3 rings (SSSR count). The van der Waals surface area contributed by atoms with Crippen molar-refractivity contribution in [3.8, 4) is 0 Å². The van der Waals surface area contributed by atoms with Crippen molar-refractivity contribution in [2.45, 2.75) is 50.8 Å². The molecule has 0 saturated carbocycles. The minimum Gasteiger partial charge on any atom is -0.325 e. The van der Waals surface area contributed by atoms with Crippen LogP contribution in [0.5, 0.6) is 0 Å². The summed E-state index contributed by atoms with van der Waals surface area (Å²) in [6.45, 7) is 2.93. The number of amides is 1. The second-order valence-electron chi connectivity index (χ2n) is 6.24. The predicted molar refractivity (Wildman–Crippen MR) is 98.4 cm³/mol. The fourth-order valence-corrected chi connectivity index (χ4v) is 3.19. The maximum atomic E-state index is 11.9. The van der Waals surface area contributed by atoms with Gasteiger partial charge in [0.25, 0.3) is 0 Å². The molecule has 6 heteroatoms. The normalized spacial score (nSPS) is 15.4. The number of anilines is 1. The van der Waals surface area contributed by atoms with Crippen LogP contribution in [0.4, 0.5) is 5.69 Å². The number of aryl methyl sites for hydroxylation is 1. The van der Waals surface area contributed by atoms with E-state index in [4.69, 9.17) is 0 Å². The van der Waals surface area contributed by atoms with Crippen LogP contribution in [-0.4, -0.2) is 32.2 Å². The van der Waals surface area contributed by atoms with E-state index < -0.39 is 0 Å². The molecule has 5 nitrogen and oxygen atoms in total. The van der Waals surface area contributed by atoms with E-state index in [2.05, 4.69) is 32.2 Å². The molecule has 128 valence electrons. The first kappa shape index (κ1) is 17.0. The third kappa shape index (κ3) is 3.98. The zero-order chi connectivity index (χ0) is 16.9. The molecule has 1 amide bonds. The molecule has 0 fully saturated rings. The molecule has 0 aliphatic carbocycles. The average molecular weight is 344 g/mol. The summed E-state index contributed by atoms with van der Waals surface area (Å²) in [6.07, 6.45) is 7.44. The monoisotopic (exact) mass is 344 g/mol. The fraction of sp³-hybridized carbons (Fsp3) is 0.500. The molecule has 0 saturated heterocycles. The van der Waals surface area contributed by atoms with Gasteiger partial charge in [-0.3, -0.25) is 4.79 Å². The van der Waals surface area contributed by atoms with Crippen molar-refractivity contribution < 1.29 is 4.79 Å². The number of carbonyl (C=O) groups excluding carboxylic acids is 1. The zero-order valence-electron chi connectivity index (χ0n) is 14.3. The maximum Gasteiger partial charge on any atom is 0.237 e. The van der Waals surface area contributed by atoms with E-state index in [9.17, 15) is 4.79 Å². The molecule has 0 bridgehead atoms. The lowest BCUT2D eigenvalue weighted by molar-refractivity contribution is -0.115. The number of aromatic nitrogens is 3. The van der Waals surface area contributed by atoms with Crippen molar-refractivity contribution in [3.05, 3.63) is 41.5 Å². The van der Waals surface area contributed by atoms with Gasteiger partial charge in [-0.15, -0.1) is 10.2 Å². The Hall–Kier alpha value is -1.82. The number of hydrogen-bond donors (Lipinski definition) is 1. The molecule has 1 aromatic carbocycles. The molecule has 1 atom stereocenters. The van der Waals surface area contributed by atoms with Crippen LogP contribution < -0.4 is 5.32 Å². The van der Waals surface area contributed by atoms with Gasteiger partial charge in [-0.05, 0) is 43.7 Å². The van der Waals surface area contributed by atoms with Crippen LogP contribution in [0.15, 0.2) is 24.3 Å². The second-order valence-corrected chi connectivity index (χ2v) is 7.41. The van der Waals surface area contributed by atoms with Crippen LogP contribution in [-0.2, 0) is 24.2 Å². The van der Waals surface area contributed by atoms with Crippen LogP contribution in [0, 0.1) is 0 Å². The van der Waals surface area contributed by atoms with Crippen molar-refractivity contribution in [1.82, 2.24) is 14.8 Å². The topological polar surface area (TPSA) is 59.8 Å². The number of nitrogens with zero attached hydrogens (tertiary/aromatic N) is 3. The van der Waals surface area contributed by atoms with Gasteiger partial charge in [0.05, 0.1) is 5.25 Å². The molecule has 0 radical (unpaired) electrons. The van der Waals surface area contributed by atoms with E-state index in [-0.39, 0.29) is 11.2 Å². The van der Waals surface area contributed by atoms with Gasteiger partial charge in [0.15, 0.2) is 0 Å². The second kappa shape index (κ2) is 7.83. The first-order valence-electron chi connectivity index (χ1n) is 8.51. The standard InChI is InChI=1S/C18H24N4OS/c1-13(24-2)18(23)19-15-9-7-14(8-10-15)12-17-21-20-16-6-4-3-5-11-22(16)17/h7-10,13H,3-6,11-12H2,1-2H3,(H,19,23)/t13-/m1/s1. The number of carbonyl (C=O) groups is 1. The largest absolute Gasteiger partial charge is 0.325 e. The number of thioether (sulfide) groups is 1. The fourth-order valence-electron chi connectivity index (χ4n) is 2.92. The van der Waals surface area contributed by atoms with Crippen LogP contribution in [0.2, 0.25) is 0 Å². The minimum absolute atomic E-state index is 0.0398. The summed E-state index contributed by atoms with van der Waals surface area (Å²) in [5.41, 5.74) is 2.02. The number of nitrogens with one attached hydrogen (secondary N) is 1. The summed E-state index contributed by atoms with van der Waals surface area (Å²) in [6, 6.07) is 8.02. The Morgan fingerprint density at radius 2 is 2.04 bits per heavy atom. The van der Waals surface area contributed by atoms with Gasteiger partial charge in [0.1, 0.15) is 11.6 Å². The van der Waals surface area contributed by atoms with E-state index in [1.165, 1.54) is 24.8 Å². The third-order valence-corrected chi connectivity index (χ3v) is 5.41. The summed E-state index contributed by atoms with van der Waals surface area (Å²) < 4.78 is 2.28. The molecule has 1 aliphatic heterocycles. The predicted octanol–water partition coefficient (Wildman–Crippen LogP) is 3.29. The SMILES string of the molecule is CS[C@H](C)C(=O)Nc1ccc(Cc2nnc3n2CCCCC3)cc1. The highest BCUT2D eigenvalue weighted by atomic mass is 32.2. The molecule has 2 heterocycles. The highest BCUT2D eigenvalue weighted by molar-refractivity contribution is 7.99. The molecule has 1 N–H and O–H groups in total. The summed E-state index contributed by atoms with van der Waals surface area (Å²) in [5, 5.41) is 11.6. The highest BCUT2D eigenvalue weighted by Gasteiger charge is 2.15. The third-order valence-electron chi connectivity index (χ3n) is 4.49. The van der Waals surface area contributed by atoms with Gasteiger partial charge in [-0.2, -0.15) is 11.8 Å². The number of benzene rings is 1. The average Bonchev–Trinajstić information content (AvgIpc) is 2.82. The zero-order valence-corrected chi connectivity index (χ0v) is 15.1. The van der Waals surface area contributed by atoms with Gasteiger partial charge in [0, 0.05) is 25.1 Å². The smallest absolute Gasteiger partial charge is 0.237 e. The van der Waals surface area contributed by atoms with E-state index >= 15 is 0 Å². The molecule has 2 aromatic rings. The van der Waals surface area contributed by atoms with Crippen LogP contribution in [0.25, 0.3) is 0 Å². The lowest BCUT2D eigenvalue weighted by Gasteiger charge is -2.10. The lowest BCUT2D eigenvalue weighted by Crippen LogP contribution is -2.21. The summed E-state index contributed by atoms with van der Waals surface area (Å²) in [5.74, 6) is 2.20. The number of rotatable bonds is 5. The van der Waals surface area contributed by atoms with Crippen molar-refractivity contribution >= 4 is 23.4 Å². The molecule has 0 spiro atoms. The van der Waals surface area contributed by atoms with Crippen LogP contribution >= 0.6 is 11.8 Å². The highest BCUT2D eigenvalue weighted by Crippen LogP contribution is 2.18. The quantitative estimate of drug-likeness (QED) is 0.904. The number of fused-ring (bicyclic) bond motifs is 1. The van der Waals surface area contributed by atoms with Gasteiger partial charge in [0.2, 0.25) is 5.91 Å². The molecular weight excluding hydrogens is 320 g/mol. The Morgan fingerprint density at radius 1 is 1.25 bits per heavy atom. The Kier molecular flexibility index (Phi) is 5.56. The van der Waals surface area contributed by atoms with E-state index in [1.807, 2.05) is 25.3 Å². The minimum atomic E-state index is -0.0453. The number of hydrogen-bond acceptors (Lipinski definition) is 4. The van der Waals surface area contributed by atoms with Gasteiger partial charge in [-0.1, -0.05) is 18.6 Å². The first-order valence-corrected chi connectivity index (χ1v) is 9.79. The van der Waals surface area contributed by atoms with Gasteiger partial charge >= 0.3 is 0 Å². The van der Waals surface area contributed by atoms with E-state index in [1.54, 1.807) is 11.8 Å². The van der Waals surface area contributed by atoms with E-state index in [0.29, 0.717) is 0 Å². The first-order chi connectivity index (χ1) is 11.7. The van der Waals surface area contributed by atoms with Crippen molar-refractivity contribution in [3.63, 3.8) is 0 Å². The Labute approximate surface area is 147 Å². The molecule has 1 aliphatic rings. The Morgan fingerprint density at radius 3 is 2.79 bits per heavy atom. The van der Waals surface area contributed by atoms with Crippen molar-refractivity contribution in [2.24, 2.45) is 0 Å². The molecular formula is C18H24N4OS. The maximum absolute atomic E-state index is 11.9. The Bertz CT molecular complexity index is 696. The molecule has 0 unspecified atom stereocenters. The van der Waals surface area contributed by atoms with Crippen LogP contribution in [0.3, 0.4) is 0 Å². The lowest BCUT2D eigenvalue weighted by atomic mass is 10.1. The van der Waals surface area contributed by atoms with Gasteiger partial charge in [-0.25, -0.2) is 0 Å². The molecule has 1 aromatic heterocycles. The summed E-state index contributed by atoms with van der Waals surface area (Å²) >= 11 is 1.54. The summed E-state index contributed by atoms with van der Waals surface area (Å²) in [7, 11) is 0. The summed E-state index contributed by atoms with van der Waals surface area (Å²) in [4.78, 5) is 11.9. The van der Waals surface area contributed by atoms with Crippen LogP contribution in [0.1, 0.15) is 43.4 Å². The van der Waals surface area contributed by atoms with Crippen molar-refractivity contribution in [1.29, 1.82) is 0 Å². The van der Waals surface area contributed by atoms with Crippen molar-refractivity contribution in [2.75, 3.05) is 11.6 Å². The van der Waals surface area contributed by atoms with Gasteiger partial charge < -0.3 is 9.88 Å². The van der Waals surface area contributed by atoms with E-state index in [0.717, 1.165) is 36.7 Å². The molecule has 24 heavy (non-hydrogen) atoms.